The van der Waals surface area contributed by atoms with Gasteiger partial charge in [0.2, 0.25) is 0 Å². The lowest BCUT2D eigenvalue weighted by atomic mass is 10.1. The van der Waals surface area contributed by atoms with Crippen LogP contribution >= 0.6 is 0 Å². The predicted octanol–water partition coefficient (Wildman–Crippen LogP) is 1.55. The van der Waals surface area contributed by atoms with Crippen molar-refractivity contribution in [3.8, 4) is 11.5 Å². The largest absolute Gasteiger partial charge is 0.493 e. The molecule has 1 unspecified atom stereocenters. The van der Waals surface area contributed by atoms with Crippen LogP contribution in [0, 0.1) is 0 Å². The van der Waals surface area contributed by atoms with Gasteiger partial charge in [0.25, 0.3) is 0 Å². The minimum atomic E-state index is -0.976. The number of allylic oxidation sites excluding steroid dienone is 1. The monoisotopic (exact) mass is 335 g/mol. The first-order valence-electron chi connectivity index (χ1n) is 7.62. The van der Waals surface area contributed by atoms with Crippen molar-refractivity contribution in [2.45, 2.75) is 25.3 Å². The van der Waals surface area contributed by atoms with Crippen LogP contribution in [0.4, 0.5) is 0 Å². The quantitative estimate of drug-likeness (QED) is 0.186. The Morgan fingerprint density at radius 1 is 1.46 bits per heavy atom. The van der Waals surface area contributed by atoms with E-state index in [0.29, 0.717) is 42.9 Å². The molecule has 1 aromatic rings. The summed E-state index contributed by atoms with van der Waals surface area (Å²) in [4.78, 5) is 15.5. The maximum absolute atomic E-state index is 11.3. The molecule has 24 heavy (non-hydrogen) atoms. The SMILES string of the molecule is C=CCc1cc(C=NC(CCCNN)C(=O)O)c(OC)c(OC)c1. The fraction of sp³-hybridized carbons (Fsp3) is 0.412. The van der Waals surface area contributed by atoms with E-state index >= 15 is 0 Å². The maximum atomic E-state index is 11.3. The van der Waals surface area contributed by atoms with Gasteiger partial charge in [-0.1, -0.05) is 6.08 Å². The molecule has 0 saturated carbocycles. The van der Waals surface area contributed by atoms with Crippen molar-refractivity contribution in [1.29, 1.82) is 0 Å². The van der Waals surface area contributed by atoms with Crippen molar-refractivity contribution in [2.24, 2.45) is 10.8 Å². The van der Waals surface area contributed by atoms with Gasteiger partial charge in [0, 0.05) is 18.3 Å². The number of carboxylic acids is 1. The third-order valence-electron chi connectivity index (χ3n) is 3.42. The van der Waals surface area contributed by atoms with Gasteiger partial charge in [0.05, 0.1) is 14.2 Å². The van der Waals surface area contributed by atoms with Crippen LogP contribution < -0.4 is 20.7 Å². The summed E-state index contributed by atoms with van der Waals surface area (Å²) in [5.74, 6) is 5.30. The Morgan fingerprint density at radius 3 is 2.75 bits per heavy atom. The average molecular weight is 335 g/mol. The lowest BCUT2D eigenvalue weighted by molar-refractivity contribution is -0.138. The highest BCUT2D eigenvalue weighted by Gasteiger charge is 2.16. The Bertz CT molecular complexity index is 587. The number of carboxylic acid groups (broad SMARTS) is 1. The van der Waals surface area contributed by atoms with E-state index in [-0.39, 0.29) is 0 Å². The van der Waals surface area contributed by atoms with Crippen molar-refractivity contribution < 1.29 is 19.4 Å². The zero-order valence-electron chi connectivity index (χ0n) is 14.1. The molecule has 4 N–H and O–H groups in total. The minimum Gasteiger partial charge on any atom is -0.493 e. The highest BCUT2D eigenvalue weighted by atomic mass is 16.5. The highest BCUT2D eigenvalue weighted by molar-refractivity contribution is 5.87. The Hall–Kier alpha value is -2.38. The highest BCUT2D eigenvalue weighted by Crippen LogP contribution is 2.32. The van der Waals surface area contributed by atoms with E-state index in [4.69, 9.17) is 15.3 Å². The first-order chi connectivity index (χ1) is 11.6. The zero-order valence-corrected chi connectivity index (χ0v) is 14.1. The Kier molecular flexibility index (Phi) is 8.53. The number of nitrogens with two attached hydrogens (primary N) is 1. The second-order valence-electron chi connectivity index (χ2n) is 5.14. The van der Waals surface area contributed by atoms with Gasteiger partial charge in [-0.15, -0.1) is 6.58 Å². The summed E-state index contributed by atoms with van der Waals surface area (Å²) in [6.07, 6.45) is 4.96. The summed E-state index contributed by atoms with van der Waals surface area (Å²) >= 11 is 0. The molecule has 1 aromatic carbocycles. The summed E-state index contributed by atoms with van der Waals surface area (Å²) in [7, 11) is 3.08. The number of nitrogens with zero attached hydrogens (tertiary/aromatic N) is 1. The van der Waals surface area contributed by atoms with Crippen LogP contribution in [0.5, 0.6) is 11.5 Å². The van der Waals surface area contributed by atoms with E-state index in [1.807, 2.05) is 12.1 Å². The number of carbonyl (C=O) groups is 1. The Morgan fingerprint density at radius 2 is 2.21 bits per heavy atom. The van der Waals surface area contributed by atoms with Gasteiger partial charge < -0.3 is 14.6 Å². The minimum absolute atomic E-state index is 0.391. The summed E-state index contributed by atoms with van der Waals surface area (Å²) in [6, 6.07) is 2.91. The van der Waals surface area contributed by atoms with Crippen LogP contribution in [0.2, 0.25) is 0 Å². The van der Waals surface area contributed by atoms with Gasteiger partial charge in [0.15, 0.2) is 11.5 Å². The maximum Gasteiger partial charge on any atom is 0.328 e. The summed E-state index contributed by atoms with van der Waals surface area (Å²) < 4.78 is 10.7. The molecule has 0 radical (unpaired) electrons. The fourth-order valence-electron chi connectivity index (χ4n) is 2.26. The molecule has 0 aliphatic rings. The van der Waals surface area contributed by atoms with Crippen LogP contribution in [0.15, 0.2) is 29.8 Å². The van der Waals surface area contributed by atoms with Crippen molar-refractivity contribution in [3.05, 3.63) is 35.9 Å². The molecular weight excluding hydrogens is 310 g/mol. The second-order valence-corrected chi connectivity index (χ2v) is 5.14. The molecule has 0 fully saturated rings. The van der Waals surface area contributed by atoms with Crippen LogP contribution in [-0.2, 0) is 11.2 Å². The number of aliphatic imine (C=N–C) groups is 1. The molecule has 0 heterocycles. The molecule has 1 rings (SSSR count). The summed E-state index contributed by atoms with van der Waals surface area (Å²) in [6.45, 7) is 4.26. The number of aliphatic carboxylic acids is 1. The van der Waals surface area contributed by atoms with Gasteiger partial charge in [0.1, 0.15) is 6.04 Å². The molecule has 0 aromatic heterocycles. The third-order valence-corrected chi connectivity index (χ3v) is 3.42. The molecule has 0 aliphatic heterocycles. The topological polar surface area (TPSA) is 106 Å². The Labute approximate surface area is 142 Å². The number of hydrogen-bond acceptors (Lipinski definition) is 6. The van der Waals surface area contributed by atoms with Crippen molar-refractivity contribution >= 4 is 12.2 Å². The number of hydrazine groups is 1. The van der Waals surface area contributed by atoms with E-state index in [1.54, 1.807) is 13.2 Å². The molecule has 1 atom stereocenters. The van der Waals surface area contributed by atoms with E-state index < -0.39 is 12.0 Å². The number of methoxy groups -OCH3 is 2. The molecule has 0 amide bonds. The standard InChI is InChI=1S/C17H25N3O4/c1-4-6-12-9-13(16(24-3)15(10-12)23-2)11-19-14(17(21)22)7-5-8-20-18/h4,9-11,14,20H,1,5-8,18H2,2-3H3,(H,21,22). The fourth-order valence-corrected chi connectivity index (χ4v) is 2.26. The first kappa shape index (κ1) is 19.7. The lowest BCUT2D eigenvalue weighted by Gasteiger charge is -2.13. The zero-order chi connectivity index (χ0) is 17.9. The molecule has 0 saturated heterocycles. The normalized spacial score (nSPS) is 12.1. The number of ether oxygens (including phenoxy) is 2. The van der Waals surface area contributed by atoms with Crippen LogP contribution in [0.1, 0.15) is 24.0 Å². The molecular formula is C17H25N3O4. The van der Waals surface area contributed by atoms with Gasteiger partial charge in [-0.05, 0) is 37.0 Å². The number of benzene rings is 1. The number of rotatable bonds is 11. The van der Waals surface area contributed by atoms with E-state index in [9.17, 15) is 9.90 Å². The number of hydrogen-bond donors (Lipinski definition) is 3. The molecule has 7 heteroatoms. The van der Waals surface area contributed by atoms with E-state index in [1.165, 1.54) is 13.3 Å². The van der Waals surface area contributed by atoms with Crippen molar-refractivity contribution in [1.82, 2.24) is 5.43 Å². The molecule has 0 aliphatic carbocycles. The van der Waals surface area contributed by atoms with E-state index in [0.717, 1.165) is 5.56 Å². The summed E-state index contributed by atoms with van der Waals surface area (Å²) in [5, 5.41) is 9.28. The average Bonchev–Trinajstić information content (AvgIpc) is 2.57. The molecule has 0 bridgehead atoms. The van der Waals surface area contributed by atoms with Crippen LogP contribution in [0.3, 0.4) is 0 Å². The summed E-state index contributed by atoms with van der Waals surface area (Å²) in [5.41, 5.74) is 4.14. The Balaban J connectivity index is 3.10. The smallest absolute Gasteiger partial charge is 0.328 e. The molecule has 0 spiro atoms. The molecule has 132 valence electrons. The van der Waals surface area contributed by atoms with Gasteiger partial charge in [-0.3, -0.25) is 16.3 Å². The van der Waals surface area contributed by atoms with Gasteiger partial charge >= 0.3 is 5.97 Å². The van der Waals surface area contributed by atoms with Crippen molar-refractivity contribution in [2.75, 3.05) is 20.8 Å². The second kappa shape index (κ2) is 10.4. The molecule has 7 nitrogen and oxygen atoms in total. The van der Waals surface area contributed by atoms with Crippen molar-refractivity contribution in [3.63, 3.8) is 0 Å². The van der Waals surface area contributed by atoms with Gasteiger partial charge in [-0.2, -0.15) is 0 Å². The predicted molar refractivity (Wildman–Crippen MR) is 93.9 cm³/mol. The first-order valence-corrected chi connectivity index (χ1v) is 7.62. The third kappa shape index (κ3) is 5.68. The van der Waals surface area contributed by atoms with Crippen LogP contribution in [0.25, 0.3) is 0 Å². The van der Waals surface area contributed by atoms with E-state index in [2.05, 4.69) is 17.0 Å². The lowest BCUT2D eigenvalue weighted by Crippen LogP contribution is -2.25. The van der Waals surface area contributed by atoms with Crippen LogP contribution in [-0.4, -0.2) is 44.1 Å². The van der Waals surface area contributed by atoms with Gasteiger partial charge in [-0.25, -0.2) is 4.79 Å². The number of nitrogens with one attached hydrogen (secondary N) is 1.